The molecule has 2 saturated heterocycles. The minimum absolute atomic E-state index is 0.119. The highest BCUT2D eigenvalue weighted by atomic mass is 16.2. The Hall–Kier alpha value is -2.74. The summed E-state index contributed by atoms with van der Waals surface area (Å²) in [6, 6.07) is 4.28. The van der Waals surface area contributed by atoms with Gasteiger partial charge in [-0.1, -0.05) is 13.0 Å². The first-order valence-electron chi connectivity index (χ1n) is 12.2. The van der Waals surface area contributed by atoms with Crippen LogP contribution in [0.5, 0.6) is 0 Å². The number of hydrogen-bond donors (Lipinski definition) is 2. The number of carbonyl (C=O) groups excluding carboxylic acids is 4. The highest BCUT2D eigenvalue weighted by molar-refractivity contribution is 6.25. The van der Waals surface area contributed by atoms with E-state index in [1.807, 2.05) is 6.07 Å². The molecule has 1 unspecified atom stereocenters. The SMILES string of the molecule is CCN1CCC2(CC1)CC(CCNc1cccc3c1C(=O)N(C1CCC(=O)NC1=O)C3=O)C2. The van der Waals surface area contributed by atoms with Crippen molar-refractivity contribution in [2.45, 2.75) is 57.9 Å². The van der Waals surface area contributed by atoms with Gasteiger partial charge in [0.05, 0.1) is 11.1 Å². The molecular weight excluding hydrogens is 420 g/mol. The summed E-state index contributed by atoms with van der Waals surface area (Å²) in [7, 11) is 0. The van der Waals surface area contributed by atoms with E-state index in [-0.39, 0.29) is 18.7 Å². The number of nitrogens with zero attached hydrogens (tertiary/aromatic N) is 2. The number of hydrogen-bond acceptors (Lipinski definition) is 6. The summed E-state index contributed by atoms with van der Waals surface area (Å²) < 4.78 is 0. The molecule has 2 N–H and O–H groups in total. The molecule has 1 aromatic rings. The predicted molar refractivity (Wildman–Crippen MR) is 123 cm³/mol. The van der Waals surface area contributed by atoms with Crippen molar-refractivity contribution >= 4 is 29.3 Å². The third-order valence-electron chi connectivity index (χ3n) is 8.14. The second-order valence-corrected chi connectivity index (χ2v) is 10.1. The maximum atomic E-state index is 13.2. The van der Waals surface area contributed by atoms with Crippen LogP contribution in [0.2, 0.25) is 0 Å². The second kappa shape index (κ2) is 8.56. The first-order valence-corrected chi connectivity index (χ1v) is 12.2. The molecule has 8 nitrogen and oxygen atoms in total. The fourth-order valence-electron chi connectivity index (χ4n) is 6.19. The van der Waals surface area contributed by atoms with Crippen LogP contribution in [-0.4, -0.2) is 65.6 Å². The number of carbonyl (C=O) groups is 4. The van der Waals surface area contributed by atoms with Gasteiger partial charge in [-0.3, -0.25) is 29.4 Å². The molecule has 1 saturated carbocycles. The van der Waals surface area contributed by atoms with Crippen molar-refractivity contribution in [1.29, 1.82) is 0 Å². The standard InChI is InChI=1S/C25H32N4O4/c1-2-28-12-9-25(10-13-28)14-16(15-25)8-11-26-18-5-3-4-17-21(18)24(33)29(23(17)32)19-6-7-20(30)27-22(19)31/h3-5,16,19,26H,2,6-15H2,1H3,(H,27,30,31). The van der Waals surface area contributed by atoms with Crippen LogP contribution >= 0.6 is 0 Å². The molecule has 0 bridgehead atoms. The molecule has 0 aromatic heterocycles. The van der Waals surface area contributed by atoms with Crippen molar-refractivity contribution in [3.63, 3.8) is 0 Å². The predicted octanol–water partition coefficient (Wildman–Crippen LogP) is 2.40. The lowest BCUT2D eigenvalue weighted by Crippen LogP contribution is -2.54. The van der Waals surface area contributed by atoms with Crippen molar-refractivity contribution in [1.82, 2.24) is 15.1 Å². The van der Waals surface area contributed by atoms with E-state index in [4.69, 9.17) is 0 Å². The van der Waals surface area contributed by atoms with E-state index in [2.05, 4.69) is 22.5 Å². The van der Waals surface area contributed by atoms with Crippen molar-refractivity contribution in [3.8, 4) is 0 Å². The number of rotatable bonds is 6. The molecule has 3 heterocycles. The normalized spacial score (nSPS) is 25.2. The third-order valence-corrected chi connectivity index (χ3v) is 8.14. The van der Waals surface area contributed by atoms with Gasteiger partial charge in [0, 0.05) is 18.7 Å². The van der Waals surface area contributed by atoms with Gasteiger partial charge in [0.15, 0.2) is 0 Å². The fraction of sp³-hybridized carbons (Fsp3) is 0.600. The molecule has 4 amide bonds. The number of fused-ring (bicyclic) bond motifs is 1. The van der Waals surface area contributed by atoms with Crippen LogP contribution in [-0.2, 0) is 9.59 Å². The van der Waals surface area contributed by atoms with Crippen LogP contribution in [0, 0.1) is 11.3 Å². The largest absolute Gasteiger partial charge is 0.384 e. The van der Waals surface area contributed by atoms with Crippen LogP contribution in [0.4, 0.5) is 5.69 Å². The van der Waals surface area contributed by atoms with E-state index in [1.165, 1.54) is 38.8 Å². The van der Waals surface area contributed by atoms with E-state index >= 15 is 0 Å². The number of piperidine rings is 2. The smallest absolute Gasteiger partial charge is 0.264 e. The van der Waals surface area contributed by atoms with Crippen molar-refractivity contribution in [2.75, 3.05) is 31.5 Å². The zero-order valence-corrected chi connectivity index (χ0v) is 19.2. The molecule has 3 fully saturated rings. The first kappa shape index (κ1) is 22.1. The summed E-state index contributed by atoms with van der Waals surface area (Å²) in [5.74, 6) is -1.17. The minimum Gasteiger partial charge on any atom is -0.384 e. The number of nitrogens with one attached hydrogen (secondary N) is 2. The van der Waals surface area contributed by atoms with Gasteiger partial charge in [0.1, 0.15) is 6.04 Å². The summed E-state index contributed by atoms with van der Waals surface area (Å²) in [6.45, 7) is 6.57. The third kappa shape index (κ3) is 3.94. The van der Waals surface area contributed by atoms with Crippen LogP contribution in [0.3, 0.4) is 0 Å². The molecule has 8 heteroatoms. The lowest BCUT2D eigenvalue weighted by molar-refractivity contribution is -0.136. The van der Waals surface area contributed by atoms with E-state index < -0.39 is 23.8 Å². The molecule has 4 aliphatic rings. The summed E-state index contributed by atoms with van der Waals surface area (Å²) in [4.78, 5) is 53.4. The molecule has 3 aliphatic heterocycles. The molecule has 33 heavy (non-hydrogen) atoms. The zero-order valence-electron chi connectivity index (χ0n) is 19.2. The maximum Gasteiger partial charge on any atom is 0.264 e. The van der Waals surface area contributed by atoms with Gasteiger partial charge in [-0.2, -0.15) is 0 Å². The van der Waals surface area contributed by atoms with Gasteiger partial charge in [0.2, 0.25) is 11.8 Å². The van der Waals surface area contributed by atoms with Crippen molar-refractivity contribution in [2.24, 2.45) is 11.3 Å². The molecule has 0 radical (unpaired) electrons. The van der Waals surface area contributed by atoms with Gasteiger partial charge in [0.25, 0.3) is 11.8 Å². The first-order chi connectivity index (χ1) is 15.9. The summed E-state index contributed by atoms with van der Waals surface area (Å²) >= 11 is 0. The Morgan fingerprint density at radius 3 is 2.55 bits per heavy atom. The fourth-order valence-corrected chi connectivity index (χ4v) is 6.19. The summed E-state index contributed by atoms with van der Waals surface area (Å²) in [5, 5.41) is 5.62. The van der Waals surface area contributed by atoms with E-state index in [1.54, 1.807) is 12.1 Å². The van der Waals surface area contributed by atoms with Gasteiger partial charge < -0.3 is 10.2 Å². The molecular formula is C25H32N4O4. The average Bonchev–Trinajstić information content (AvgIpc) is 3.04. The summed E-state index contributed by atoms with van der Waals surface area (Å²) in [6.07, 6.45) is 6.53. The van der Waals surface area contributed by atoms with E-state index in [0.29, 0.717) is 28.1 Å². The number of likely N-dealkylation sites (tertiary alicyclic amines) is 1. The van der Waals surface area contributed by atoms with Gasteiger partial charge in [-0.15, -0.1) is 0 Å². The molecule has 1 aliphatic carbocycles. The molecule has 1 spiro atoms. The Kier molecular flexibility index (Phi) is 5.72. The van der Waals surface area contributed by atoms with Crippen LogP contribution in [0.1, 0.15) is 72.6 Å². The summed E-state index contributed by atoms with van der Waals surface area (Å²) in [5.41, 5.74) is 1.85. The molecule has 1 atom stereocenters. The second-order valence-electron chi connectivity index (χ2n) is 10.1. The lowest BCUT2D eigenvalue weighted by atomic mass is 9.57. The van der Waals surface area contributed by atoms with Crippen LogP contribution in [0.15, 0.2) is 18.2 Å². The lowest BCUT2D eigenvalue weighted by Gasteiger charge is -2.52. The van der Waals surface area contributed by atoms with Crippen molar-refractivity contribution < 1.29 is 19.2 Å². The Morgan fingerprint density at radius 2 is 1.85 bits per heavy atom. The van der Waals surface area contributed by atoms with Crippen molar-refractivity contribution in [3.05, 3.63) is 29.3 Å². The quantitative estimate of drug-likeness (QED) is 0.643. The highest BCUT2D eigenvalue weighted by Crippen LogP contribution is 2.53. The Labute approximate surface area is 194 Å². The van der Waals surface area contributed by atoms with Gasteiger partial charge in [-0.25, -0.2) is 0 Å². The number of imide groups is 2. The Morgan fingerprint density at radius 1 is 1.09 bits per heavy atom. The maximum absolute atomic E-state index is 13.2. The Bertz CT molecular complexity index is 990. The minimum atomic E-state index is -0.937. The van der Waals surface area contributed by atoms with Gasteiger partial charge in [-0.05, 0) is 81.6 Å². The van der Waals surface area contributed by atoms with E-state index in [9.17, 15) is 19.2 Å². The van der Waals surface area contributed by atoms with Crippen LogP contribution in [0.25, 0.3) is 0 Å². The van der Waals surface area contributed by atoms with Crippen LogP contribution < -0.4 is 10.6 Å². The van der Waals surface area contributed by atoms with E-state index in [0.717, 1.165) is 24.4 Å². The number of amides is 4. The zero-order chi connectivity index (χ0) is 23.2. The molecule has 176 valence electrons. The monoisotopic (exact) mass is 452 g/mol. The van der Waals surface area contributed by atoms with Gasteiger partial charge >= 0.3 is 0 Å². The molecule has 1 aromatic carbocycles. The Balaban J connectivity index is 1.19. The highest BCUT2D eigenvalue weighted by Gasteiger charge is 2.46. The topological polar surface area (TPSA) is 98.8 Å². The molecule has 5 rings (SSSR count). The average molecular weight is 453 g/mol. The number of anilines is 1. The number of benzene rings is 1.